The Morgan fingerprint density at radius 1 is 0.857 bits per heavy atom. The van der Waals surface area contributed by atoms with Crippen LogP contribution < -0.4 is 0 Å². The quantitative estimate of drug-likeness (QED) is 0.359. The first-order valence-electron chi connectivity index (χ1n) is 2.66. The minimum Gasteiger partial charge on any atom is -0.456 e. The van der Waals surface area contributed by atoms with Crippen LogP contribution >= 0.6 is 0 Å². The Bertz CT molecular complexity index is 85.9. The molecule has 0 spiro atoms. The Labute approximate surface area is 46.7 Å². The van der Waals surface area contributed by atoms with E-state index in [1.54, 1.807) is 0 Å². The molecule has 1 fully saturated rings. The van der Waals surface area contributed by atoms with Crippen molar-refractivity contribution in [1.29, 1.82) is 0 Å². The Morgan fingerprint density at radius 2 is 1.00 bits per heavy atom. The van der Waals surface area contributed by atoms with Crippen molar-refractivity contribution in [3.63, 3.8) is 0 Å². The van der Waals surface area contributed by atoms with Crippen LogP contribution in [0.3, 0.4) is 0 Å². The molecule has 1 nitrogen and oxygen atoms in total. The first-order valence-corrected chi connectivity index (χ1v) is 9.47. The Kier molecular flexibility index (Phi) is 0.819. The predicted molar refractivity (Wildman–Crippen MR) is 36.0 cm³/mol. The summed E-state index contributed by atoms with van der Waals surface area (Å²) in [5.41, 5.74) is 0. The molecule has 1 rings (SSSR count). The van der Waals surface area contributed by atoms with E-state index in [4.69, 9.17) is 4.12 Å². The second-order valence-corrected chi connectivity index (χ2v) is 17.2. The Morgan fingerprint density at radius 3 is 1.00 bits per heavy atom. The third-order valence-electron chi connectivity index (χ3n) is 1.92. The van der Waals surface area contributed by atoms with Gasteiger partial charge in [-0.05, 0) is 26.2 Å². The van der Waals surface area contributed by atoms with Gasteiger partial charge in [0.25, 0.3) is 0 Å². The van der Waals surface area contributed by atoms with Gasteiger partial charge in [0.05, 0.1) is 0 Å². The Hall–Kier alpha value is 0.394. The fraction of sp³-hybridized carbons (Fsp3) is 1.00. The van der Waals surface area contributed by atoms with Crippen molar-refractivity contribution in [2.75, 3.05) is 0 Å². The molecule has 1 aliphatic heterocycles. The van der Waals surface area contributed by atoms with E-state index in [2.05, 4.69) is 26.2 Å². The van der Waals surface area contributed by atoms with Gasteiger partial charge in [-0.25, -0.2) is 0 Å². The van der Waals surface area contributed by atoms with Crippen molar-refractivity contribution >= 4 is 15.7 Å². The molecule has 0 aromatic rings. The lowest BCUT2D eigenvalue weighted by Crippen LogP contribution is -2.21. The molecular weight excluding hydrogens is 120 g/mol. The highest BCUT2D eigenvalue weighted by molar-refractivity contribution is 7.49. The van der Waals surface area contributed by atoms with E-state index in [1.807, 2.05) is 0 Å². The summed E-state index contributed by atoms with van der Waals surface area (Å²) in [4.78, 5) is 0. The van der Waals surface area contributed by atoms with Crippen molar-refractivity contribution in [3.05, 3.63) is 0 Å². The van der Waals surface area contributed by atoms with Crippen LogP contribution in [0.1, 0.15) is 0 Å². The van der Waals surface area contributed by atoms with E-state index < -0.39 is 15.7 Å². The summed E-state index contributed by atoms with van der Waals surface area (Å²) in [6, 6.07) is 0. The highest BCUT2D eigenvalue weighted by atomic mass is 29.4. The third kappa shape index (κ3) is 0.688. The zero-order valence-corrected chi connectivity index (χ0v) is 7.41. The second kappa shape index (κ2) is 1.04. The number of hydrogen-bond donors (Lipinski definition) is 0. The zero-order valence-electron chi connectivity index (χ0n) is 5.41. The minimum absolute atomic E-state index is 0.950. The average molecular weight is 132 g/mol. The maximum absolute atomic E-state index is 5.57. The van der Waals surface area contributed by atoms with Crippen LogP contribution in [0.2, 0.25) is 26.2 Å². The maximum atomic E-state index is 5.57. The van der Waals surface area contributed by atoms with Crippen LogP contribution in [0, 0.1) is 0 Å². The molecule has 0 saturated carbocycles. The van der Waals surface area contributed by atoms with Gasteiger partial charge in [0.1, 0.15) is 0 Å². The van der Waals surface area contributed by atoms with Gasteiger partial charge < -0.3 is 4.12 Å². The molecule has 1 aliphatic rings. The lowest BCUT2D eigenvalue weighted by atomic mass is 11.9. The van der Waals surface area contributed by atoms with Crippen molar-refractivity contribution < 1.29 is 4.12 Å². The molecule has 7 heavy (non-hydrogen) atoms. The second-order valence-electron chi connectivity index (χ2n) is 3.12. The highest BCUT2D eigenvalue weighted by Gasteiger charge is 2.60. The molecule has 0 N–H and O–H groups in total. The fourth-order valence-electron chi connectivity index (χ4n) is 0.612. The van der Waals surface area contributed by atoms with Gasteiger partial charge >= 0.3 is 0 Å². The van der Waals surface area contributed by atoms with E-state index in [0.29, 0.717) is 0 Å². The van der Waals surface area contributed by atoms with Crippen LogP contribution in [0.15, 0.2) is 0 Å². The summed E-state index contributed by atoms with van der Waals surface area (Å²) in [6.45, 7) is 9.22. The van der Waals surface area contributed by atoms with Gasteiger partial charge in [0.15, 0.2) is 15.7 Å². The van der Waals surface area contributed by atoms with Crippen LogP contribution in [0.25, 0.3) is 0 Å². The van der Waals surface area contributed by atoms with Crippen LogP contribution in [-0.4, -0.2) is 15.7 Å². The lowest BCUT2D eigenvalue weighted by molar-refractivity contribution is 0.691. The zero-order chi connectivity index (χ0) is 5.71. The minimum atomic E-state index is -0.950. The number of hydrogen-bond acceptors (Lipinski definition) is 1. The molecule has 0 atom stereocenters. The molecule has 1 heterocycles. The first-order chi connectivity index (χ1) is 2.96. The molecule has 0 aromatic carbocycles. The number of rotatable bonds is 0. The molecule has 0 unspecified atom stereocenters. The molecule has 0 amide bonds. The average Bonchev–Trinajstić information content (AvgIpc) is 1.63. The smallest absolute Gasteiger partial charge is 0.191 e. The Balaban J connectivity index is 2.59. The molecular formula is C4H12OSi2. The normalized spacial score (nSPS) is 32.6. The lowest BCUT2D eigenvalue weighted by Gasteiger charge is -1.89. The van der Waals surface area contributed by atoms with Gasteiger partial charge in [0, 0.05) is 0 Å². The van der Waals surface area contributed by atoms with Gasteiger partial charge in [-0.3, -0.25) is 0 Å². The van der Waals surface area contributed by atoms with E-state index in [1.165, 1.54) is 0 Å². The van der Waals surface area contributed by atoms with E-state index in [9.17, 15) is 0 Å². The highest BCUT2D eigenvalue weighted by Crippen LogP contribution is 2.37. The maximum Gasteiger partial charge on any atom is 0.191 e. The monoisotopic (exact) mass is 132 g/mol. The van der Waals surface area contributed by atoms with Gasteiger partial charge in [0.2, 0.25) is 0 Å². The molecule has 3 heteroatoms. The molecule has 1 saturated heterocycles. The predicted octanol–water partition coefficient (Wildman–Crippen LogP) is 1.51. The first kappa shape index (κ1) is 5.53. The largest absolute Gasteiger partial charge is 0.456 e. The van der Waals surface area contributed by atoms with Gasteiger partial charge in [-0.15, -0.1) is 0 Å². The summed E-state index contributed by atoms with van der Waals surface area (Å²) < 4.78 is 5.57. The van der Waals surface area contributed by atoms with Crippen molar-refractivity contribution in [3.8, 4) is 0 Å². The van der Waals surface area contributed by atoms with Crippen molar-refractivity contribution in [2.24, 2.45) is 0 Å². The standard InChI is InChI=1S/C4H12OSi2/c1-6(2)5-7(6,3)4/h1-4H3. The SMILES string of the molecule is C[Si]1(C)O[Si]1(C)C. The molecule has 0 aliphatic carbocycles. The van der Waals surface area contributed by atoms with Crippen molar-refractivity contribution in [1.82, 2.24) is 0 Å². The van der Waals surface area contributed by atoms with E-state index >= 15 is 0 Å². The summed E-state index contributed by atoms with van der Waals surface area (Å²) in [7, 11) is -1.90. The fourth-order valence-corrected chi connectivity index (χ4v) is 9.19. The van der Waals surface area contributed by atoms with Crippen LogP contribution in [-0.2, 0) is 4.12 Å². The summed E-state index contributed by atoms with van der Waals surface area (Å²) in [6.07, 6.45) is 0. The topological polar surface area (TPSA) is 12.5 Å². The molecule has 42 valence electrons. The molecule has 0 radical (unpaired) electrons. The summed E-state index contributed by atoms with van der Waals surface area (Å²) in [5.74, 6) is 0. The molecule has 0 aromatic heterocycles. The van der Waals surface area contributed by atoms with Crippen LogP contribution in [0.4, 0.5) is 0 Å². The third-order valence-corrected chi connectivity index (χ3v) is 17.3. The summed E-state index contributed by atoms with van der Waals surface area (Å²) >= 11 is 0. The van der Waals surface area contributed by atoms with Gasteiger partial charge in [-0.2, -0.15) is 0 Å². The van der Waals surface area contributed by atoms with Gasteiger partial charge in [-0.1, -0.05) is 0 Å². The van der Waals surface area contributed by atoms with Crippen molar-refractivity contribution in [2.45, 2.75) is 26.2 Å². The van der Waals surface area contributed by atoms with E-state index in [0.717, 1.165) is 0 Å². The van der Waals surface area contributed by atoms with Crippen LogP contribution in [0.5, 0.6) is 0 Å². The summed E-state index contributed by atoms with van der Waals surface area (Å²) in [5, 5.41) is 0. The molecule has 0 bridgehead atoms. The van der Waals surface area contributed by atoms with E-state index in [-0.39, 0.29) is 0 Å².